The number of hydrogen-bond acceptors (Lipinski definition) is 4. The van der Waals surface area contributed by atoms with E-state index in [-0.39, 0.29) is 54.6 Å². The lowest BCUT2D eigenvalue weighted by atomic mass is 9.72. The highest BCUT2D eigenvalue weighted by atomic mass is 35.5. The number of pyridine rings is 1. The maximum Gasteiger partial charge on any atom is 0.407 e. The highest BCUT2D eigenvalue weighted by Crippen LogP contribution is 2.39. The second-order valence-electron chi connectivity index (χ2n) is 6.65. The van der Waals surface area contributed by atoms with Crippen molar-refractivity contribution in [2.75, 3.05) is 13.2 Å². The molecular weight excluding hydrogens is 379 g/mol. The van der Waals surface area contributed by atoms with Crippen molar-refractivity contribution in [3.8, 4) is 0 Å². The monoisotopic (exact) mass is 400 g/mol. The summed E-state index contributed by atoms with van der Waals surface area (Å²) in [5.74, 6) is -1.77. The van der Waals surface area contributed by atoms with Crippen LogP contribution in [-0.2, 0) is 16.0 Å². The minimum atomic E-state index is -1.34. The normalized spacial score (nSPS) is 22.4. The maximum absolute atomic E-state index is 15.0. The van der Waals surface area contributed by atoms with Crippen molar-refractivity contribution in [1.29, 1.82) is 0 Å². The van der Waals surface area contributed by atoms with Gasteiger partial charge in [0.25, 0.3) is 0 Å². The van der Waals surface area contributed by atoms with Crippen molar-refractivity contribution >= 4 is 29.4 Å². The van der Waals surface area contributed by atoms with Gasteiger partial charge in [0.15, 0.2) is 5.82 Å². The quantitative estimate of drug-likeness (QED) is 0.558. The van der Waals surface area contributed by atoms with Crippen LogP contribution < -0.4 is 0 Å². The van der Waals surface area contributed by atoms with Crippen molar-refractivity contribution < 1.29 is 28.9 Å². The standard InChI is InChI=1S/C18H22ClFN2O5/c1-4-27-11(3)12-7-14(19)21-13(15(12)20)9-18(16(23)24)5-6-22(17(25)26)10(2)8-18/h7,10H,3-6,8-9H2,1-2H3,(H,23,24)(H,25,26). The summed E-state index contributed by atoms with van der Waals surface area (Å²) in [7, 11) is 0. The van der Waals surface area contributed by atoms with Crippen LogP contribution in [0.25, 0.3) is 5.76 Å². The van der Waals surface area contributed by atoms with Gasteiger partial charge >= 0.3 is 12.1 Å². The Kier molecular flexibility index (Phi) is 6.30. The number of carboxylic acid groups (broad SMARTS) is 2. The summed E-state index contributed by atoms with van der Waals surface area (Å²) >= 11 is 5.99. The number of carboxylic acids is 1. The first-order valence-electron chi connectivity index (χ1n) is 8.51. The predicted octanol–water partition coefficient (Wildman–Crippen LogP) is 3.66. The van der Waals surface area contributed by atoms with Crippen molar-refractivity contribution in [2.45, 2.75) is 39.2 Å². The fraction of sp³-hybridized carbons (Fsp3) is 0.500. The molecule has 2 atom stereocenters. The van der Waals surface area contributed by atoms with Crippen molar-refractivity contribution in [3.05, 3.63) is 34.9 Å². The summed E-state index contributed by atoms with van der Waals surface area (Å²) in [5, 5.41) is 19.0. The van der Waals surface area contributed by atoms with Gasteiger partial charge in [0.2, 0.25) is 0 Å². The van der Waals surface area contributed by atoms with E-state index >= 15 is 0 Å². The molecule has 2 N–H and O–H groups in total. The predicted molar refractivity (Wildman–Crippen MR) is 97.1 cm³/mol. The lowest BCUT2D eigenvalue weighted by molar-refractivity contribution is -0.153. The molecular formula is C18H22ClFN2O5. The van der Waals surface area contributed by atoms with Crippen LogP contribution in [0.1, 0.15) is 37.9 Å². The molecule has 9 heteroatoms. The number of carbonyl (C=O) groups is 2. The van der Waals surface area contributed by atoms with Crippen LogP contribution in [0.15, 0.2) is 12.6 Å². The third-order valence-corrected chi connectivity index (χ3v) is 5.06. The number of hydrogen-bond donors (Lipinski definition) is 2. The molecule has 2 heterocycles. The van der Waals surface area contributed by atoms with Gasteiger partial charge in [-0.15, -0.1) is 0 Å². The van der Waals surface area contributed by atoms with E-state index in [1.165, 1.54) is 11.0 Å². The van der Waals surface area contributed by atoms with E-state index in [1.54, 1.807) is 13.8 Å². The smallest absolute Gasteiger partial charge is 0.407 e. The van der Waals surface area contributed by atoms with Gasteiger partial charge in [0.1, 0.15) is 10.9 Å². The largest absolute Gasteiger partial charge is 0.494 e. The molecule has 27 heavy (non-hydrogen) atoms. The van der Waals surface area contributed by atoms with Gasteiger partial charge < -0.3 is 19.8 Å². The Balaban J connectivity index is 2.39. The van der Waals surface area contributed by atoms with Crippen LogP contribution in [0, 0.1) is 11.2 Å². The Hall–Kier alpha value is -2.35. The Labute approximate surface area is 161 Å². The number of piperidine rings is 1. The molecule has 0 saturated carbocycles. The lowest BCUT2D eigenvalue weighted by Crippen LogP contribution is -2.51. The molecule has 0 spiro atoms. The average molecular weight is 401 g/mol. The first-order valence-corrected chi connectivity index (χ1v) is 8.89. The number of aliphatic carboxylic acids is 1. The second kappa shape index (κ2) is 8.12. The van der Waals surface area contributed by atoms with Crippen LogP contribution in [0.5, 0.6) is 0 Å². The summed E-state index contributed by atoms with van der Waals surface area (Å²) in [5.41, 5.74) is -1.41. The van der Waals surface area contributed by atoms with Gasteiger partial charge in [-0.05, 0) is 32.8 Å². The van der Waals surface area contributed by atoms with Crippen LogP contribution in [-0.4, -0.2) is 51.4 Å². The van der Waals surface area contributed by atoms with E-state index < -0.39 is 29.3 Å². The molecule has 2 rings (SSSR count). The Morgan fingerprint density at radius 2 is 2.19 bits per heavy atom. The first-order chi connectivity index (χ1) is 12.6. The number of ether oxygens (including phenoxy) is 1. The highest BCUT2D eigenvalue weighted by Gasteiger charge is 2.46. The van der Waals surface area contributed by atoms with Gasteiger partial charge in [-0.1, -0.05) is 18.2 Å². The minimum Gasteiger partial charge on any atom is -0.494 e. The van der Waals surface area contributed by atoms with E-state index in [1.807, 2.05) is 0 Å². The fourth-order valence-electron chi connectivity index (χ4n) is 3.49. The van der Waals surface area contributed by atoms with E-state index in [0.29, 0.717) is 0 Å². The molecule has 1 aromatic rings. The second-order valence-corrected chi connectivity index (χ2v) is 7.04. The van der Waals surface area contributed by atoms with Gasteiger partial charge in [0, 0.05) is 19.0 Å². The molecule has 0 aliphatic carbocycles. The molecule has 0 aromatic carbocycles. The Bertz CT molecular complexity index is 772. The molecule has 2 unspecified atom stereocenters. The third-order valence-electron chi connectivity index (χ3n) is 4.87. The van der Waals surface area contributed by atoms with Crippen LogP contribution in [0.4, 0.5) is 9.18 Å². The number of amides is 1. The number of nitrogens with zero attached hydrogens (tertiary/aromatic N) is 2. The summed E-state index contributed by atoms with van der Waals surface area (Å²) in [6.07, 6.45) is -1.22. The zero-order chi connectivity index (χ0) is 20.4. The third kappa shape index (κ3) is 4.32. The van der Waals surface area contributed by atoms with Crippen LogP contribution >= 0.6 is 11.6 Å². The summed E-state index contributed by atoms with van der Waals surface area (Å²) in [4.78, 5) is 28.4. The highest BCUT2D eigenvalue weighted by molar-refractivity contribution is 6.29. The van der Waals surface area contributed by atoms with E-state index in [2.05, 4.69) is 11.6 Å². The molecule has 148 valence electrons. The van der Waals surface area contributed by atoms with Gasteiger partial charge in [0.05, 0.1) is 23.3 Å². The van der Waals surface area contributed by atoms with E-state index in [0.717, 1.165) is 0 Å². The maximum atomic E-state index is 15.0. The van der Waals surface area contributed by atoms with E-state index in [4.69, 9.17) is 16.3 Å². The van der Waals surface area contributed by atoms with Crippen LogP contribution in [0.3, 0.4) is 0 Å². The molecule has 1 amide bonds. The Morgan fingerprint density at radius 1 is 1.52 bits per heavy atom. The van der Waals surface area contributed by atoms with E-state index in [9.17, 15) is 24.2 Å². The number of aromatic nitrogens is 1. The zero-order valence-corrected chi connectivity index (χ0v) is 15.9. The van der Waals surface area contributed by atoms with Gasteiger partial charge in [-0.2, -0.15) is 0 Å². The summed E-state index contributed by atoms with van der Waals surface area (Å²) in [6.45, 7) is 7.35. The number of halogens is 2. The molecule has 1 aliphatic heterocycles. The molecule has 7 nitrogen and oxygen atoms in total. The fourth-order valence-corrected chi connectivity index (χ4v) is 3.70. The summed E-state index contributed by atoms with van der Waals surface area (Å²) < 4.78 is 20.2. The molecule has 1 saturated heterocycles. The topological polar surface area (TPSA) is 100.0 Å². The SMILES string of the molecule is C=C(OCC)c1cc(Cl)nc(CC2(C(=O)O)CCN(C(=O)O)C(C)C2)c1F. The number of likely N-dealkylation sites (tertiary alicyclic amines) is 1. The zero-order valence-electron chi connectivity index (χ0n) is 15.2. The van der Waals surface area contributed by atoms with Gasteiger partial charge in [-0.25, -0.2) is 14.2 Å². The molecule has 1 fully saturated rings. The molecule has 1 aromatic heterocycles. The van der Waals surface area contributed by atoms with Gasteiger partial charge in [-0.3, -0.25) is 4.79 Å². The molecule has 0 radical (unpaired) electrons. The first kappa shape index (κ1) is 21.0. The van der Waals surface area contributed by atoms with Crippen LogP contribution in [0.2, 0.25) is 5.15 Å². The van der Waals surface area contributed by atoms with Crippen molar-refractivity contribution in [1.82, 2.24) is 9.88 Å². The lowest BCUT2D eigenvalue weighted by Gasteiger charge is -2.42. The Morgan fingerprint density at radius 3 is 2.70 bits per heavy atom. The number of rotatable bonds is 6. The average Bonchev–Trinajstić information content (AvgIpc) is 2.57. The van der Waals surface area contributed by atoms with Crippen molar-refractivity contribution in [3.63, 3.8) is 0 Å². The minimum absolute atomic E-state index is 0.00110. The molecule has 0 bridgehead atoms. The summed E-state index contributed by atoms with van der Waals surface area (Å²) in [6, 6.07) is 0.758. The molecule has 1 aliphatic rings. The van der Waals surface area contributed by atoms with Crippen molar-refractivity contribution in [2.24, 2.45) is 5.41 Å².